The standard InChI is InChI=1S/C11H23NO4S/c1-11(4-9-17(13,14)10-11)12-5-3-6-16-8-7-15-2/h12H,3-10H2,1-2H3. The van der Waals surface area contributed by atoms with Crippen LogP contribution in [0.5, 0.6) is 0 Å². The van der Waals surface area contributed by atoms with E-state index in [9.17, 15) is 8.42 Å². The molecule has 17 heavy (non-hydrogen) atoms. The van der Waals surface area contributed by atoms with E-state index in [-0.39, 0.29) is 11.3 Å². The van der Waals surface area contributed by atoms with E-state index in [2.05, 4.69) is 5.32 Å². The number of ether oxygens (including phenoxy) is 2. The van der Waals surface area contributed by atoms with E-state index in [0.29, 0.717) is 32.0 Å². The first-order valence-electron chi connectivity index (χ1n) is 6.00. The molecule has 0 saturated carbocycles. The zero-order valence-corrected chi connectivity index (χ0v) is 11.5. The number of sulfone groups is 1. The molecule has 1 heterocycles. The molecule has 1 N–H and O–H groups in total. The van der Waals surface area contributed by atoms with Crippen molar-refractivity contribution in [1.29, 1.82) is 0 Å². The van der Waals surface area contributed by atoms with Crippen LogP contribution in [0.25, 0.3) is 0 Å². The van der Waals surface area contributed by atoms with Crippen molar-refractivity contribution in [2.45, 2.75) is 25.3 Å². The molecular formula is C11H23NO4S. The van der Waals surface area contributed by atoms with Gasteiger partial charge >= 0.3 is 0 Å². The fourth-order valence-electron chi connectivity index (χ4n) is 1.96. The molecule has 0 aliphatic carbocycles. The lowest BCUT2D eigenvalue weighted by molar-refractivity contribution is 0.0689. The van der Waals surface area contributed by atoms with Crippen molar-refractivity contribution in [2.24, 2.45) is 0 Å². The maximum Gasteiger partial charge on any atom is 0.152 e. The van der Waals surface area contributed by atoms with Crippen LogP contribution < -0.4 is 5.32 Å². The van der Waals surface area contributed by atoms with Crippen LogP contribution in [-0.4, -0.2) is 58.9 Å². The smallest absolute Gasteiger partial charge is 0.152 e. The van der Waals surface area contributed by atoms with Crippen LogP contribution in [0.3, 0.4) is 0 Å². The Kier molecular flexibility index (Phi) is 5.85. The van der Waals surface area contributed by atoms with Gasteiger partial charge in [-0.3, -0.25) is 0 Å². The predicted molar refractivity (Wildman–Crippen MR) is 67.0 cm³/mol. The van der Waals surface area contributed by atoms with E-state index in [0.717, 1.165) is 13.0 Å². The van der Waals surface area contributed by atoms with E-state index in [4.69, 9.17) is 9.47 Å². The Balaban J connectivity index is 2.07. The number of methoxy groups -OCH3 is 1. The minimum Gasteiger partial charge on any atom is -0.382 e. The van der Waals surface area contributed by atoms with Gasteiger partial charge in [0.1, 0.15) is 0 Å². The largest absolute Gasteiger partial charge is 0.382 e. The quantitative estimate of drug-likeness (QED) is 0.635. The molecule has 0 aromatic carbocycles. The van der Waals surface area contributed by atoms with Crippen LogP contribution >= 0.6 is 0 Å². The Labute approximate surface area is 104 Å². The van der Waals surface area contributed by atoms with Gasteiger partial charge in [0.15, 0.2) is 9.84 Å². The van der Waals surface area contributed by atoms with Gasteiger partial charge in [-0.05, 0) is 26.3 Å². The number of rotatable bonds is 8. The minimum atomic E-state index is -2.82. The van der Waals surface area contributed by atoms with Crippen molar-refractivity contribution < 1.29 is 17.9 Å². The average Bonchev–Trinajstić information content (AvgIpc) is 2.52. The fraction of sp³-hybridized carbons (Fsp3) is 1.00. The second-order valence-corrected chi connectivity index (χ2v) is 6.97. The molecule has 0 amide bonds. The normalized spacial score (nSPS) is 27.4. The average molecular weight is 265 g/mol. The first-order chi connectivity index (χ1) is 7.97. The molecule has 1 saturated heterocycles. The SMILES string of the molecule is COCCOCCCNC1(C)CCS(=O)(=O)C1. The zero-order chi connectivity index (χ0) is 12.8. The number of hydrogen-bond acceptors (Lipinski definition) is 5. The van der Waals surface area contributed by atoms with Gasteiger partial charge in [-0.15, -0.1) is 0 Å². The molecule has 0 spiro atoms. The molecule has 1 rings (SSSR count). The highest BCUT2D eigenvalue weighted by Crippen LogP contribution is 2.22. The molecule has 0 aromatic rings. The molecule has 1 fully saturated rings. The summed E-state index contributed by atoms with van der Waals surface area (Å²) in [5.41, 5.74) is -0.245. The van der Waals surface area contributed by atoms with Gasteiger partial charge < -0.3 is 14.8 Å². The predicted octanol–water partition coefficient (Wildman–Crippen LogP) is 0.206. The van der Waals surface area contributed by atoms with Crippen molar-refractivity contribution in [3.8, 4) is 0 Å². The van der Waals surface area contributed by atoms with E-state index in [1.54, 1.807) is 7.11 Å². The topological polar surface area (TPSA) is 64.6 Å². The highest BCUT2D eigenvalue weighted by atomic mass is 32.2. The van der Waals surface area contributed by atoms with Gasteiger partial charge in [-0.2, -0.15) is 0 Å². The molecule has 1 aliphatic heterocycles. The van der Waals surface area contributed by atoms with Gasteiger partial charge in [0, 0.05) is 19.3 Å². The second kappa shape index (κ2) is 6.68. The van der Waals surface area contributed by atoms with Crippen molar-refractivity contribution in [3.63, 3.8) is 0 Å². The van der Waals surface area contributed by atoms with Crippen LogP contribution in [0.2, 0.25) is 0 Å². The lowest BCUT2D eigenvalue weighted by Gasteiger charge is -2.23. The Morgan fingerprint density at radius 2 is 2.06 bits per heavy atom. The van der Waals surface area contributed by atoms with Crippen LogP contribution in [0.4, 0.5) is 0 Å². The van der Waals surface area contributed by atoms with Gasteiger partial charge in [-0.1, -0.05) is 0 Å². The summed E-state index contributed by atoms with van der Waals surface area (Å²) >= 11 is 0. The molecule has 1 atom stereocenters. The first-order valence-corrected chi connectivity index (χ1v) is 7.82. The molecule has 0 aromatic heterocycles. The van der Waals surface area contributed by atoms with Gasteiger partial charge in [0.25, 0.3) is 0 Å². The van der Waals surface area contributed by atoms with Crippen LogP contribution in [0.1, 0.15) is 19.8 Å². The first kappa shape index (κ1) is 14.9. The molecule has 102 valence electrons. The van der Waals surface area contributed by atoms with Crippen molar-refractivity contribution in [1.82, 2.24) is 5.32 Å². The summed E-state index contributed by atoms with van der Waals surface area (Å²) in [6.07, 6.45) is 1.60. The summed E-state index contributed by atoms with van der Waals surface area (Å²) in [6, 6.07) is 0. The summed E-state index contributed by atoms with van der Waals surface area (Å²) < 4.78 is 32.9. The van der Waals surface area contributed by atoms with E-state index < -0.39 is 9.84 Å². The van der Waals surface area contributed by atoms with Gasteiger partial charge in [0.2, 0.25) is 0 Å². The number of nitrogens with one attached hydrogen (secondary N) is 1. The summed E-state index contributed by atoms with van der Waals surface area (Å²) in [7, 11) is -1.17. The third-order valence-electron chi connectivity index (χ3n) is 2.95. The van der Waals surface area contributed by atoms with Crippen molar-refractivity contribution in [3.05, 3.63) is 0 Å². The van der Waals surface area contributed by atoms with E-state index in [1.165, 1.54) is 0 Å². The fourth-order valence-corrected chi connectivity index (χ4v) is 4.08. The van der Waals surface area contributed by atoms with Gasteiger partial charge in [-0.25, -0.2) is 8.42 Å². The maximum atomic E-state index is 11.4. The van der Waals surface area contributed by atoms with Gasteiger partial charge in [0.05, 0.1) is 24.7 Å². The van der Waals surface area contributed by atoms with Crippen LogP contribution in [-0.2, 0) is 19.3 Å². The van der Waals surface area contributed by atoms with Crippen molar-refractivity contribution >= 4 is 9.84 Å². The third kappa shape index (κ3) is 5.81. The zero-order valence-electron chi connectivity index (χ0n) is 10.7. The van der Waals surface area contributed by atoms with Crippen molar-refractivity contribution in [2.75, 3.05) is 45.0 Å². The Morgan fingerprint density at radius 3 is 2.65 bits per heavy atom. The van der Waals surface area contributed by atoms with Crippen LogP contribution in [0, 0.1) is 0 Å². The molecule has 0 bridgehead atoms. The Hall–Kier alpha value is -0.170. The van der Waals surface area contributed by atoms with E-state index >= 15 is 0 Å². The Bertz CT molecular complexity index is 317. The molecular weight excluding hydrogens is 242 g/mol. The molecule has 6 heteroatoms. The summed E-state index contributed by atoms with van der Waals surface area (Å²) in [4.78, 5) is 0. The maximum absolute atomic E-state index is 11.4. The minimum absolute atomic E-state index is 0.245. The molecule has 1 unspecified atom stereocenters. The summed E-state index contributed by atoms with van der Waals surface area (Å²) in [6.45, 7) is 4.67. The molecule has 0 radical (unpaired) electrons. The Morgan fingerprint density at radius 1 is 1.29 bits per heavy atom. The number of hydrogen-bond donors (Lipinski definition) is 1. The van der Waals surface area contributed by atoms with E-state index in [1.807, 2.05) is 6.92 Å². The lowest BCUT2D eigenvalue weighted by Crippen LogP contribution is -2.44. The molecule has 5 nitrogen and oxygen atoms in total. The van der Waals surface area contributed by atoms with Crippen LogP contribution in [0.15, 0.2) is 0 Å². The summed E-state index contributed by atoms with van der Waals surface area (Å²) in [5.74, 6) is 0.561. The third-order valence-corrected chi connectivity index (χ3v) is 4.86. The highest BCUT2D eigenvalue weighted by molar-refractivity contribution is 7.91. The molecule has 1 aliphatic rings. The lowest BCUT2D eigenvalue weighted by atomic mass is 10.0. The summed E-state index contributed by atoms with van der Waals surface area (Å²) in [5, 5.41) is 3.31. The second-order valence-electron chi connectivity index (χ2n) is 4.79. The highest BCUT2D eigenvalue weighted by Gasteiger charge is 2.37. The monoisotopic (exact) mass is 265 g/mol.